The molecule has 0 fully saturated rings. The summed E-state index contributed by atoms with van der Waals surface area (Å²) >= 11 is 11.0. The molecule has 40 heavy (non-hydrogen) atoms. The molecule has 6 rings (SSSR count). The molecule has 6 aromatic rings. The number of ether oxygens (including phenoxy) is 2. The monoisotopic (exact) mass is 640 g/mol. The number of carbonyl (C=O) groups excluding carboxylic acids is 2. The van der Waals surface area contributed by atoms with Crippen LogP contribution in [-0.4, -0.2) is 25.2 Å². The average Bonchev–Trinajstić information content (AvgIpc) is 3.75. The highest BCUT2D eigenvalue weighted by molar-refractivity contribution is 7.46. The number of esters is 2. The second-order valence-corrected chi connectivity index (χ2v) is 15.2. The van der Waals surface area contributed by atoms with Gasteiger partial charge in [-0.15, -0.1) is 68.0 Å². The van der Waals surface area contributed by atoms with Gasteiger partial charge in [0.05, 0.1) is 41.4 Å². The second kappa shape index (κ2) is 11.3. The van der Waals surface area contributed by atoms with E-state index in [2.05, 4.69) is 38.1 Å². The summed E-state index contributed by atoms with van der Waals surface area (Å²) in [5.74, 6) is -0.622. The van der Waals surface area contributed by atoms with Crippen LogP contribution in [0.3, 0.4) is 0 Å². The lowest BCUT2D eigenvalue weighted by Gasteiger charge is -1.95. The summed E-state index contributed by atoms with van der Waals surface area (Å²) in [7, 11) is 0. The zero-order chi connectivity index (χ0) is 28.0. The van der Waals surface area contributed by atoms with Gasteiger partial charge in [0.1, 0.15) is 0 Å². The molecular formula is C30H24O4S6. The molecule has 10 heteroatoms. The maximum atomic E-state index is 11.7. The Hall–Kier alpha value is -2.60. The summed E-state index contributed by atoms with van der Waals surface area (Å²) in [6.45, 7) is 8.82. The lowest BCUT2D eigenvalue weighted by atomic mass is 10.2. The van der Waals surface area contributed by atoms with Crippen LogP contribution in [0, 0.1) is 13.8 Å². The molecule has 6 heterocycles. The topological polar surface area (TPSA) is 52.6 Å². The van der Waals surface area contributed by atoms with Gasteiger partial charge in [-0.2, -0.15) is 0 Å². The lowest BCUT2D eigenvalue weighted by Crippen LogP contribution is -1.98. The highest BCUT2D eigenvalue weighted by Crippen LogP contribution is 2.55. The third-order valence-electron chi connectivity index (χ3n) is 6.25. The fourth-order valence-electron chi connectivity index (χ4n) is 4.42. The normalized spacial score (nSPS) is 12.2. The van der Waals surface area contributed by atoms with Crippen molar-refractivity contribution in [3.8, 4) is 19.5 Å². The Labute approximate surface area is 255 Å². The average molecular weight is 641 g/mol. The van der Waals surface area contributed by atoms with E-state index in [0.717, 1.165) is 9.75 Å². The zero-order valence-electron chi connectivity index (χ0n) is 22.1. The Balaban J connectivity index is 1.32. The summed E-state index contributed by atoms with van der Waals surface area (Å²) in [6.07, 6.45) is 6.65. The van der Waals surface area contributed by atoms with E-state index in [-0.39, 0.29) is 11.9 Å². The van der Waals surface area contributed by atoms with Gasteiger partial charge >= 0.3 is 11.9 Å². The largest absolute Gasteiger partial charge is 0.463 e. The van der Waals surface area contributed by atoms with Gasteiger partial charge in [0.2, 0.25) is 0 Å². The van der Waals surface area contributed by atoms with Gasteiger partial charge in [-0.25, -0.2) is 9.59 Å². The number of hydrogen-bond acceptors (Lipinski definition) is 10. The molecule has 0 aromatic carbocycles. The van der Waals surface area contributed by atoms with Crippen LogP contribution in [0.1, 0.15) is 34.7 Å². The van der Waals surface area contributed by atoms with Gasteiger partial charge in [-0.05, 0) is 75.2 Å². The van der Waals surface area contributed by atoms with Crippen LogP contribution in [-0.2, 0) is 19.1 Å². The molecule has 0 radical (unpaired) electrons. The van der Waals surface area contributed by atoms with Crippen molar-refractivity contribution in [2.75, 3.05) is 13.2 Å². The molecule has 0 atom stereocenters. The molecule has 0 saturated carbocycles. The van der Waals surface area contributed by atoms with Crippen molar-refractivity contribution < 1.29 is 19.1 Å². The van der Waals surface area contributed by atoms with E-state index >= 15 is 0 Å². The van der Waals surface area contributed by atoms with Crippen LogP contribution in [0.2, 0.25) is 0 Å². The number of fused-ring (bicyclic) bond motifs is 5. The first-order valence-corrected chi connectivity index (χ1v) is 17.5. The Bertz CT molecular complexity index is 1810. The molecule has 0 aliphatic rings. The second-order valence-electron chi connectivity index (χ2n) is 8.87. The third kappa shape index (κ3) is 5.01. The van der Waals surface area contributed by atoms with E-state index < -0.39 is 0 Å². The van der Waals surface area contributed by atoms with Crippen LogP contribution in [0.5, 0.6) is 0 Å². The van der Waals surface area contributed by atoms with E-state index in [4.69, 9.17) is 9.47 Å². The number of carbonyl (C=O) groups is 2. The van der Waals surface area contributed by atoms with Crippen LogP contribution in [0.15, 0.2) is 36.4 Å². The first-order chi connectivity index (χ1) is 19.4. The predicted molar refractivity (Wildman–Crippen MR) is 178 cm³/mol. The van der Waals surface area contributed by atoms with Gasteiger partial charge in [0, 0.05) is 41.4 Å². The number of rotatable bonds is 8. The fraction of sp³-hybridized carbons (Fsp3) is 0.200. The molecule has 4 nitrogen and oxygen atoms in total. The van der Waals surface area contributed by atoms with Gasteiger partial charge in [0.15, 0.2) is 0 Å². The molecule has 0 saturated heterocycles. The van der Waals surface area contributed by atoms with E-state index in [0.29, 0.717) is 13.2 Å². The minimum absolute atomic E-state index is 0.311. The molecule has 204 valence electrons. The smallest absolute Gasteiger partial charge is 0.330 e. The first-order valence-electron chi connectivity index (χ1n) is 12.7. The van der Waals surface area contributed by atoms with Crippen molar-refractivity contribution in [2.45, 2.75) is 27.7 Å². The molecule has 6 aromatic heterocycles. The Morgan fingerprint density at radius 1 is 0.600 bits per heavy atom. The minimum Gasteiger partial charge on any atom is -0.463 e. The number of aryl methyl sites for hydroxylation is 2. The van der Waals surface area contributed by atoms with Gasteiger partial charge in [0.25, 0.3) is 0 Å². The van der Waals surface area contributed by atoms with Crippen LogP contribution < -0.4 is 0 Å². The standard InChI is InChI=1S/C30H24O4S6/c1-5-33-21(31)13-9-17-7-11-19(35-17)23-15(3)25-27(37-23)29-30(39-25)28-26(40-29)16(4)24(38-28)20-12-8-18(36-20)10-14-22(32)34-6-2/h7-14H,5-6H2,1-4H3/b13-9+,14-10+. The maximum Gasteiger partial charge on any atom is 0.330 e. The number of thiophene rings is 6. The molecule has 0 aliphatic heterocycles. The van der Waals surface area contributed by atoms with Crippen LogP contribution >= 0.6 is 68.0 Å². The summed E-state index contributed by atoms with van der Waals surface area (Å²) in [5, 5.41) is 0. The van der Waals surface area contributed by atoms with Crippen molar-refractivity contribution >= 4 is 120 Å². The summed E-state index contributed by atoms with van der Waals surface area (Å²) in [4.78, 5) is 30.5. The SMILES string of the molecule is CCOC(=O)/C=C/c1ccc(-c2sc3c(sc4c5sc(-c6ccc(/C=C/C(=O)OCC)s6)c(C)c5sc34)c2C)s1. The van der Waals surface area contributed by atoms with Crippen molar-refractivity contribution in [1.82, 2.24) is 0 Å². The fourth-order valence-corrected chi connectivity index (χ4v) is 12.6. The molecule has 0 unspecified atom stereocenters. The van der Waals surface area contributed by atoms with Crippen molar-refractivity contribution in [1.29, 1.82) is 0 Å². The molecule has 0 amide bonds. The highest BCUT2D eigenvalue weighted by Gasteiger charge is 2.23. The molecule has 0 bridgehead atoms. The Morgan fingerprint density at radius 2 is 1.00 bits per heavy atom. The third-order valence-corrected chi connectivity index (χ3v) is 14.6. The lowest BCUT2D eigenvalue weighted by molar-refractivity contribution is -0.138. The van der Waals surface area contributed by atoms with Crippen LogP contribution in [0.4, 0.5) is 0 Å². The van der Waals surface area contributed by atoms with Crippen LogP contribution in [0.25, 0.3) is 59.9 Å². The van der Waals surface area contributed by atoms with Crippen molar-refractivity contribution in [3.63, 3.8) is 0 Å². The zero-order valence-corrected chi connectivity index (χ0v) is 27.0. The quantitative estimate of drug-likeness (QED) is 0.123. The summed E-state index contributed by atoms with van der Waals surface area (Å²) < 4.78 is 18.3. The Morgan fingerprint density at radius 3 is 1.40 bits per heavy atom. The molecule has 0 aliphatic carbocycles. The van der Waals surface area contributed by atoms with Gasteiger partial charge < -0.3 is 9.47 Å². The van der Waals surface area contributed by atoms with Crippen molar-refractivity contribution in [3.05, 3.63) is 57.3 Å². The van der Waals surface area contributed by atoms with E-state index in [1.165, 1.54) is 71.0 Å². The van der Waals surface area contributed by atoms with E-state index in [1.54, 1.807) is 22.7 Å². The van der Waals surface area contributed by atoms with E-state index in [9.17, 15) is 9.59 Å². The number of hydrogen-bond donors (Lipinski definition) is 0. The predicted octanol–water partition coefficient (Wildman–Crippen LogP) is 10.6. The Kier molecular flexibility index (Phi) is 7.82. The van der Waals surface area contributed by atoms with Gasteiger partial charge in [-0.1, -0.05) is 0 Å². The van der Waals surface area contributed by atoms with Gasteiger partial charge in [-0.3, -0.25) is 0 Å². The minimum atomic E-state index is -0.311. The molecule has 0 N–H and O–H groups in total. The molecular weight excluding hydrogens is 617 g/mol. The van der Waals surface area contributed by atoms with E-state index in [1.807, 2.05) is 71.3 Å². The highest BCUT2D eigenvalue weighted by atomic mass is 32.1. The maximum absolute atomic E-state index is 11.7. The first kappa shape index (κ1) is 27.6. The summed E-state index contributed by atoms with van der Waals surface area (Å²) in [5.41, 5.74) is 2.66. The van der Waals surface area contributed by atoms with Crippen molar-refractivity contribution in [2.24, 2.45) is 0 Å². The summed E-state index contributed by atoms with van der Waals surface area (Å²) in [6, 6.07) is 8.42. The molecule has 0 spiro atoms.